The summed E-state index contributed by atoms with van der Waals surface area (Å²) >= 11 is 0. The van der Waals surface area contributed by atoms with E-state index in [2.05, 4.69) is 4.90 Å². The average Bonchev–Trinajstić information content (AvgIpc) is 3.13. The number of hydrogen-bond donors (Lipinski definition) is 1. The van der Waals surface area contributed by atoms with Gasteiger partial charge in [0.05, 0.1) is 30.8 Å². The minimum Gasteiger partial charge on any atom is -0.507 e. The number of hydrogen-bond acceptors (Lipinski definition) is 8. The van der Waals surface area contributed by atoms with Crippen molar-refractivity contribution >= 4 is 23.1 Å². The maximum absolute atomic E-state index is 13.2. The zero-order valence-electron chi connectivity index (χ0n) is 20.2. The molecule has 0 radical (unpaired) electrons. The maximum Gasteiger partial charge on any atom is 0.295 e. The van der Waals surface area contributed by atoms with Crippen molar-refractivity contribution in [2.75, 3.05) is 40.4 Å². The molecule has 2 aromatic carbocycles. The molecule has 0 spiro atoms. The number of non-ortho nitro benzene ring substituents is 1. The van der Waals surface area contributed by atoms with E-state index in [1.807, 2.05) is 13.8 Å². The predicted octanol–water partition coefficient (Wildman–Crippen LogP) is 3.38. The first-order valence-corrected chi connectivity index (χ1v) is 11.2. The molecule has 35 heavy (non-hydrogen) atoms. The van der Waals surface area contributed by atoms with Crippen molar-refractivity contribution in [2.24, 2.45) is 0 Å². The van der Waals surface area contributed by atoms with Gasteiger partial charge in [-0.15, -0.1) is 0 Å². The van der Waals surface area contributed by atoms with Crippen LogP contribution in [-0.4, -0.2) is 71.9 Å². The first-order valence-electron chi connectivity index (χ1n) is 11.2. The van der Waals surface area contributed by atoms with E-state index in [9.17, 15) is 24.8 Å². The summed E-state index contributed by atoms with van der Waals surface area (Å²) in [6, 6.07) is 9.27. The highest BCUT2D eigenvalue weighted by atomic mass is 16.6. The van der Waals surface area contributed by atoms with Gasteiger partial charge in [0.25, 0.3) is 17.4 Å². The van der Waals surface area contributed by atoms with Crippen LogP contribution in [0.1, 0.15) is 31.0 Å². The van der Waals surface area contributed by atoms with Crippen molar-refractivity contribution < 1.29 is 29.1 Å². The molecular formula is C25H29N3O7. The highest BCUT2D eigenvalue weighted by Gasteiger charge is 2.47. The van der Waals surface area contributed by atoms with Crippen LogP contribution in [0, 0.1) is 10.1 Å². The van der Waals surface area contributed by atoms with E-state index in [4.69, 9.17) is 9.47 Å². The fourth-order valence-corrected chi connectivity index (χ4v) is 4.16. The van der Waals surface area contributed by atoms with Crippen LogP contribution in [0.3, 0.4) is 0 Å². The van der Waals surface area contributed by atoms with Crippen LogP contribution >= 0.6 is 0 Å². The summed E-state index contributed by atoms with van der Waals surface area (Å²) in [7, 11) is 2.98. The molecule has 1 aliphatic rings. The van der Waals surface area contributed by atoms with Crippen LogP contribution in [0.5, 0.6) is 11.5 Å². The average molecular weight is 484 g/mol. The van der Waals surface area contributed by atoms with Gasteiger partial charge in [-0.3, -0.25) is 19.7 Å². The van der Waals surface area contributed by atoms with Gasteiger partial charge in [-0.2, -0.15) is 0 Å². The number of carbonyl (C=O) groups is 2. The first-order chi connectivity index (χ1) is 16.8. The number of ketones is 1. The van der Waals surface area contributed by atoms with Crippen molar-refractivity contribution in [2.45, 2.75) is 19.9 Å². The van der Waals surface area contributed by atoms with E-state index in [1.54, 1.807) is 18.2 Å². The van der Waals surface area contributed by atoms with Crippen LogP contribution < -0.4 is 9.47 Å². The summed E-state index contributed by atoms with van der Waals surface area (Å²) in [6.45, 7) is 6.36. The zero-order valence-corrected chi connectivity index (χ0v) is 20.2. The van der Waals surface area contributed by atoms with Gasteiger partial charge in [0.2, 0.25) is 0 Å². The van der Waals surface area contributed by atoms with Gasteiger partial charge in [-0.25, -0.2) is 0 Å². The van der Waals surface area contributed by atoms with Crippen LogP contribution in [0.2, 0.25) is 0 Å². The molecule has 2 aromatic rings. The third kappa shape index (κ3) is 5.12. The number of likely N-dealkylation sites (N-methyl/N-ethyl adjacent to an activating group) is 1. The number of benzene rings is 2. The monoisotopic (exact) mass is 483 g/mol. The lowest BCUT2D eigenvalue weighted by Crippen LogP contribution is -2.38. The highest BCUT2D eigenvalue weighted by molar-refractivity contribution is 6.46. The van der Waals surface area contributed by atoms with E-state index in [1.165, 1.54) is 43.4 Å². The lowest BCUT2D eigenvalue weighted by molar-refractivity contribution is -0.384. The third-order valence-electron chi connectivity index (χ3n) is 6.18. The van der Waals surface area contributed by atoms with Crippen molar-refractivity contribution in [1.82, 2.24) is 9.80 Å². The van der Waals surface area contributed by atoms with Crippen molar-refractivity contribution in [3.05, 3.63) is 69.3 Å². The topological polar surface area (TPSA) is 122 Å². The number of likely N-dealkylation sites (tertiary alicyclic amines) is 1. The maximum atomic E-state index is 13.2. The number of aliphatic hydroxyl groups is 1. The molecule has 186 valence electrons. The molecule has 3 rings (SSSR count). The Labute approximate surface area is 203 Å². The van der Waals surface area contributed by atoms with Crippen LogP contribution in [0.4, 0.5) is 5.69 Å². The van der Waals surface area contributed by atoms with Gasteiger partial charge in [0.1, 0.15) is 17.3 Å². The fraction of sp³-hybridized carbons (Fsp3) is 0.360. The Morgan fingerprint density at radius 1 is 1.09 bits per heavy atom. The Morgan fingerprint density at radius 3 is 2.29 bits per heavy atom. The van der Waals surface area contributed by atoms with Gasteiger partial charge in [0.15, 0.2) is 0 Å². The largest absolute Gasteiger partial charge is 0.507 e. The number of rotatable bonds is 10. The van der Waals surface area contributed by atoms with Gasteiger partial charge < -0.3 is 24.4 Å². The molecule has 0 unspecified atom stereocenters. The third-order valence-corrected chi connectivity index (χ3v) is 6.18. The Kier molecular flexibility index (Phi) is 8.08. The summed E-state index contributed by atoms with van der Waals surface area (Å²) in [6.07, 6.45) is 0. The normalized spacial score (nSPS) is 17.2. The first kappa shape index (κ1) is 25.7. The van der Waals surface area contributed by atoms with Crippen LogP contribution in [-0.2, 0) is 9.59 Å². The number of methoxy groups -OCH3 is 2. The van der Waals surface area contributed by atoms with Crippen LogP contribution in [0.25, 0.3) is 5.76 Å². The highest BCUT2D eigenvalue weighted by Crippen LogP contribution is 2.43. The quantitative estimate of drug-likeness (QED) is 0.179. The number of ether oxygens (including phenoxy) is 2. The van der Waals surface area contributed by atoms with Gasteiger partial charge >= 0.3 is 0 Å². The number of carbonyl (C=O) groups excluding carboxylic acids is 2. The Balaban J connectivity index is 2.17. The van der Waals surface area contributed by atoms with Crippen molar-refractivity contribution in [3.8, 4) is 11.5 Å². The van der Waals surface area contributed by atoms with E-state index >= 15 is 0 Å². The standard InChI is InChI=1S/C25H29N3O7/c1-5-26(6-2)13-14-27-22(19-12-11-18(34-3)15-20(19)35-4)21(24(30)25(27)31)23(29)16-7-9-17(10-8-16)28(32)33/h7-12,15,22,29H,5-6,13-14H2,1-4H3/b23-21+/t22-/m1/s1. The van der Waals surface area contributed by atoms with E-state index in [0.29, 0.717) is 23.6 Å². The molecule has 1 amide bonds. The number of nitro benzene ring substituents is 1. The van der Waals surface area contributed by atoms with Gasteiger partial charge in [-0.1, -0.05) is 13.8 Å². The second-order valence-electron chi connectivity index (χ2n) is 7.93. The molecule has 1 heterocycles. The molecule has 0 aromatic heterocycles. The fourth-order valence-electron chi connectivity index (χ4n) is 4.16. The SMILES string of the molecule is CCN(CC)CCN1C(=O)C(=O)/C(=C(/O)c2ccc([N+](=O)[O-])cc2)[C@H]1c1ccc(OC)cc1OC. The zero-order chi connectivity index (χ0) is 25.7. The summed E-state index contributed by atoms with van der Waals surface area (Å²) in [5.74, 6) is -1.06. The molecule has 1 fully saturated rings. The second kappa shape index (κ2) is 11.0. The number of nitro groups is 1. The van der Waals surface area contributed by atoms with Crippen molar-refractivity contribution in [3.63, 3.8) is 0 Å². The molecule has 1 saturated heterocycles. The molecule has 10 heteroatoms. The van der Waals surface area contributed by atoms with E-state index < -0.39 is 28.4 Å². The Morgan fingerprint density at radius 2 is 1.74 bits per heavy atom. The lowest BCUT2D eigenvalue weighted by atomic mass is 9.94. The molecule has 1 atom stereocenters. The second-order valence-corrected chi connectivity index (χ2v) is 7.93. The summed E-state index contributed by atoms with van der Waals surface area (Å²) in [5.41, 5.74) is 0.437. The molecule has 10 nitrogen and oxygen atoms in total. The molecular weight excluding hydrogens is 454 g/mol. The van der Waals surface area contributed by atoms with Gasteiger partial charge in [0, 0.05) is 42.4 Å². The predicted molar refractivity (Wildman–Crippen MR) is 129 cm³/mol. The van der Waals surface area contributed by atoms with Gasteiger partial charge in [-0.05, 0) is 37.4 Å². The number of nitrogens with zero attached hydrogens (tertiary/aromatic N) is 3. The Hall–Kier alpha value is -3.92. The Bertz CT molecular complexity index is 1140. The molecule has 0 bridgehead atoms. The molecule has 0 saturated carbocycles. The van der Waals surface area contributed by atoms with Crippen LogP contribution in [0.15, 0.2) is 48.0 Å². The minimum absolute atomic E-state index is 0.105. The number of amides is 1. The number of Topliss-reactive ketones (excluding diaryl/α,β-unsaturated/α-hetero) is 1. The van der Waals surface area contributed by atoms with Crippen molar-refractivity contribution in [1.29, 1.82) is 0 Å². The molecule has 1 aliphatic heterocycles. The smallest absolute Gasteiger partial charge is 0.295 e. The summed E-state index contributed by atoms with van der Waals surface area (Å²) in [5, 5.41) is 22.2. The number of aliphatic hydroxyl groups excluding tert-OH is 1. The minimum atomic E-state index is -0.915. The van der Waals surface area contributed by atoms with E-state index in [-0.39, 0.29) is 23.4 Å². The summed E-state index contributed by atoms with van der Waals surface area (Å²) in [4.78, 5) is 40.4. The van der Waals surface area contributed by atoms with E-state index in [0.717, 1.165) is 13.1 Å². The molecule has 0 aliphatic carbocycles. The summed E-state index contributed by atoms with van der Waals surface area (Å²) < 4.78 is 10.8. The molecule has 1 N–H and O–H groups in total. The lowest BCUT2D eigenvalue weighted by Gasteiger charge is -2.29.